The maximum atomic E-state index is 5.50. The van der Waals surface area contributed by atoms with Crippen LogP contribution in [0, 0.1) is 0 Å². The minimum Gasteiger partial charge on any atom is -0.349 e. The number of thiazole rings is 1. The van der Waals surface area contributed by atoms with E-state index >= 15 is 0 Å². The SMILES string of the molecule is CCN(CC)c1ncc(CNC(C)c2nc(C3CCCCC3)no2)s1. The first-order valence-corrected chi connectivity index (χ1v) is 10.3. The van der Waals surface area contributed by atoms with Gasteiger partial charge in [0.2, 0.25) is 5.89 Å². The van der Waals surface area contributed by atoms with Gasteiger partial charge in [-0.2, -0.15) is 4.98 Å². The highest BCUT2D eigenvalue weighted by atomic mass is 32.1. The lowest BCUT2D eigenvalue weighted by Crippen LogP contribution is -2.21. The molecule has 1 N–H and O–H groups in total. The summed E-state index contributed by atoms with van der Waals surface area (Å²) in [6, 6.07) is 0.0452. The van der Waals surface area contributed by atoms with Crippen molar-refractivity contribution < 1.29 is 4.52 Å². The second kappa shape index (κ2) is 8.76. The summed E-state index contributed by atoms with van der Waals surface area (Å²) in [6.45, 7) is 9.12. The van der Waals surface area contributed by atoms with E-state index in [1.807, 2.05) is 6.20 Å². The second-order valence-corrected chi connectivity index (χ2v) is 7.80. The van der Waals surface area contributed by atoms with E-state index in [0.717, 1.165) is 30.6 Å². The molecular formula is C18H29N5OS. The molecule has 7 heteroatoms. The Kier molecular flexibility index (Phi) is 6.42. The molecule has 2 aromatic heterocycles. The normalized spacial score (nSPS) is 16.9. The van der Waals surface area contributed by atoms with Crippen LogP contribution in [0.5, 0.6) is 0 Å². The molecule has 0 aromatic carbocycles. The molecule has 3 rings (SSSR count). The van der Waals surface area contributed by atoms with Crippen molar-refractivity contribution in [3.8, 4) is 0 Å². The fourth-order valence-corrected chi connectivity index (χ4v) is 4.30. The number of nitrogens with one attached hydrogen (secondary N) is 1. The molecule has 2 aromatic rings. The first-order chi connectivity index (χ1) is 12.2. The molecular weight excluding hydrogens is 334 g/mol. The zero-order valence-corrected chi connectivity index (χ0v) is 16.3. The Hall–Kier alpha value is -1.47. The predicted molar refractivity (Wildman–Crippen MR) is 101 cm³/mol. The van der Waals surface area contributed by atoms with Gasteiger partial charge in [0.15, 0.2) is 11.0 Å². The Morgan fingerprint density at radius 1 is 1.28 bits per heavy atom. The Balaban J connectivity index is 1.54. The molecule has 1 saturated carbocycles. The van der Waals surface area contributed by atoms with E-state index in [9.17, 15) is 0 Å². The van der Waals surface area contributed by atoms with Gasteiger partial charge in [-0.05, 0) is 33.6 Å². The third kappa shape index (κ3) is 4.58. The number of anilines is 1. The monoisotopic (exact) mass is 363 g/mol. The topological polar surface area (TPSA) is 67.1 Å². The van der Waals surface area contributed by atoms with Crippen molar-refractivity contribution in [2.45, 2.75) is 71.4 Å². The molecule has 1 aliphatic rings. The maximum absolute atomic E-state index is 5.50. The van der Waals surface area contributed by atoms with Crippen LogP contribution in [0.1, 0.15) is 81.4 Å². The Labute approximate surface area is 154 Å². The smallest absolute Gasteiger partial charge is 0.243 e. The van der Waals surface area contributed by atoms with Crippen molar-refractivity contribution in [3.05, 3.63) is 22.8 Å². The fraction of sp³-hybridized carbons (Fsp3) is 0.722. The van der Waals surface area contributed by atoms with Crippen molar-refractivity contribution in [1.82, 2.24) is 20.4 Å². The number of rotatable bonds is 8. The molecule has 1 aliphatic carbocycles. The van der Waals surface area contributed by atoms with Crippen LogP contribution in [0.15, 0.2) is 10.7 Å². The molecule has 2 heterocycles. The van der Waals surface area contributed by atoms with Crippen LogP contribution >= 0.6 is 11.3 Å². The standard InChI is InChI=1S/C18H29N5OS/c1-4-23(5-2)18-20-12-15(25-18)11-19-13(3)17-21-16(22-24-17)14-9-7-6-8-10-14/h12-14,19H,4-11H2,1-3H3. The predicted octanol–water partition coefficient (Wildman–Crippen LogP) is 4.27. The zero-order chi connectivity index (χ0) is 17.6. The number of nitrogens with zero attached hydrogens (tertiary/aromatic N) is 4. The molecule has 0 aliphatic heterocycles. The summed E-state index contributed by atoms with van der Waals surface area (Å²) >= 11 is 1.74. The van der Waals surface area contributed by atoms with Gasteiger partial charge in [0.05, 0.1) is 6.04 Å². The van der Waals surface area contributed by atoms with E-state index in [4.69, 9.17) is 4.52 Å². The van der Waals surface area contributed by atoms with E-state index in [2.05, 4.69) is 46.1 Å². The highest BCUT2D eigenvalue weighted by Crippen LogP contribution is 2.31. The lowest BCUT2D eigenvalue weighted by Gasteiger charge is -2.17. The van der Waals surface area contributed by atoms with Gasteiger partial charge in [0, 0.05) is 36.6 Å². The quantitative estimate of drug-likeness (QED) is 0.755. The van der Waals surface area contributed by atoms with E-state index in [0.29, 0.717) is 11.8 Å². The Morgan fingerprint density at radius 2 is 2.04 bits per heavy atom. The van der Waals surface area contributed by atoms with Gasteiger partial charge in [-0.3, -0.25) is 0 Å². The highest BCUT2D eigenvalue weighted by Gasteiger charge is 2.22. The van der Waals surface area contributed by atoms with Gasteiger partial charge in [-0.25, -0.2) is 4.98 Å². The largest absolute Gasteiger partial charge is 0.349 e. The van der Waals surface area contributed by atoms with Crippen molar-refractivity contribution in [2.24, 2.45) is 0 Å². The minimum absolute atomic E-state index is 0.0452. The third-order valence-corrected chi connectivity index (χ3v) is 6.01. The molecule has 25 heavy (non-hydrogen) atoms. The highest BCUT2D eigenvalue weighted by molar-refractivity contribution is 7.15. The first kappa shape index (κ1) is 18.3. The first-order valence-electron chi connectivity index (χ1n) is 9.47. The summed E-state index contributed by atoms with van der Waals surface area (Å²) in [5.41, 5.74) is 0. The number of hydrogen-bond donors (Lipinski definition) is 1. The van der Waals surface area contributed by atoms with Crippen molar-refractivity contribution in [1.29, 1.82) is 0 Å². The van der Waals surface area contributed by atoms with Gasteiger partial charge in [0.1, 0.15) is 0 Å². The van der Waals surface area contributed by atoms with E-state index in [-0.39, 0.29) is 6.04 Å². The zero-order valence-electron chi connectivity index (χ0n) is 15.5. The second-order valence-electron chi connectivity index (χ2n) is 6.71. The van der Waals surface area contributed by atoms with Crippen molar-refractivity contribution in [2.75, 3.05) is 18.0 Å². The van der Waals surface area contributed by atoms with Gasteiger partial charge in [-0.1, -0.05) is 24.4 Å². The third-order valence-electron chi connectivity index (χ3n) is 4.96. The van der Waals surface area contributed by atoms with Crippen LogP contribution < -0.4 is 10.2 Å². The molecule has 0 spiro atoms. The van der Waals surface area contributed by atoms with Gasteiger partial charge < -0.3 is 14.7 Å². The Bertz CT molecular complexity index is 645. The summed E-state index contributed by atoms with van der Waals surface area (Å²) in [4.78, 5) is 12.7. The van der Waals surface area contributed by atoms with Gasteiger partial charge in [-0.15, -0.1) is 11.3 Å². The molecule has 0 bridgehead atoms. The molecule has 0 amide bonds. The fourth-order valence-electron chi connectivity index (χ4n) is 3.31. The summed E-state index contributed by atoms with van der Waals surface area (Å²) < 4.78 is 5.50. The molecule has 1 fully saturated rings. The molecule has 1 atom stereocenters. The number of aromatic nitrogens is 3. The summed E-state index contributed by atoms with van der Waals surface area (Å²) in [7, 11) is 0. The summed E-state index contributed by atoms with van der Waals surface area (Å²) in [5, 5.41) is 8.79. The van der Waals surface area contributed by atoms with Crippen LogP contribution in [-0.2, 0) is 6.54 Å². The van der Waals surface area contributed by atoms with Crippen LogP contribution in [0.25, 0.3) is 0 Å². The molecule has 0 saturated heterocycles. The summed E-state index contributed by atoms with van der Waals surface area (Å²) in [6.07, 6.45) is 8.24. The molecule has 6 nitrogen and oxygen atoms in total. The lowest BCUT2D eigenvalue weighted by molar-refractivity contribution is 0.329. The van der Waals surface area contributed by atoms with E-state index in [1.165, 1.54) is 37.0 Å². The van der Waals surface area contributed by atoms with Crippen molar-refractivity contribution in [3.63, 3.8) is 0 Å². The lowest BCUT2D eigenvalue weighted by atomic mass is 9.89. The van der Waals surface area contributed by atoms with Gasteiger partial charge in [0.25, 0.3) is 0 Å². The molecule has 138 valence electrons. The average Bonchev–Trinajstić information content (AvgIpc) is 3.32. The number of hydrogen-bond acceptors (Lipinski definition) is 7. The van der Waals surface area contributed by atoms with Crippen LogP contribution in [0.2, 0.25) is 0 Å². The van der Waals surface area contributed by atoms with E-state index in [1.54, 1.807) is 11.3 Å². The van der Waals surface area contributed by atoms with E-state index < -0.39 is 0 Å². The van der Waals surface area contributed by atoms with Crippen LogP contribution in [-0.4, -0.2) is 28.2 Å². The van der Waals surface area contributed by atoms with Crippen LogP contribution in [0.4, 0.5) is 5.13 Å². The molecule has 0 radical (unpaired) electrons. The minimum atomic E-state index is 0.0452. The molecule has 1 unspecified atom stereocenters. The van der Waals surface area contributed by atoms with Crippen LogP contribution in [0.3, 0.4) is 0 Å². The van der Waals surface area contributed by atoms with Gasteiger partial charge >= 0.3 is 0 Å². The maximum Gasteiger partial charge on any atom is 0.243 e. The average molecular weight is 364 g/mol. The summed E-state index contributed by atoms with van der Waals surface area (Å²) in [5.74, 6) is 2.07. The van der Waals surface area contributed by atoms with Crippen molar-refractivity contribution >= 4 is 16.5 Å². The Morgan fingerprint density at radius 3 is 2.76 bits per heavy atom.